The van der Waals surface area contributed by atoms with Crippen molar-refractivity contribution in [3.63, 3.8) is 0 Å². The van der Waals surface area contributed by atoms with Gasteiger partial charge >= 0.3 is 5.97 Å². The summed E-state index contributed by atoms with van der Waals surface area (Å²) in [6.45, 7) is 4.13. The third-order valence-electron chi connectivity index (χ3n) is 5.01. The second kappa shape index (κ2) is 8.23. The summed E-state index contributed by atoms with van der Waals surface area (Å²) >= 11 is 1.08. The number of carbonyl (C=O) groups is 2. The van der Waals surface area contributed by atoms with E-state index >= 15 is 0 Å². The van der Waals surface area contributed by atoms with E-state index in [0.717, 1.165) is 39.5 Å². The first-order valence-corrected chi connectivity index (χ1v) is 10.3. The summed E-state index contributed by atoms with van der Waals surface area (Å²) in [5.41, 5.74) is 4.84. The number of rotatable bonds is 5. The predicted molar refractivity (Wildman–Crippen MR) is 113 cm³/mol. The molecule has 1 aliphatic rings. The Morgan fingerprint density at radius 3 is 2.77 bits per heavy atom. The topological polar surface area (TPSA) is 90.4 Å². The van der Waals surface area contributed by atoms with Gasteiger partial charge in [-0.2, -0.15) is 0 Å². The lowest BCUT2D eigenvalue weighted by molar-refractivity contribution is 0.0601. The Balaban J connectivity index is 1.58. The molecular weight excluding hydrogens is 402 g/mol. The van der Waals surface area contributed by atoms with Crippen molar-refractivity contribution < 1.29 is 19.1 Å². The number of aromatic nitrogens is 2. The molecule has 0 spiro atoms. The van der Waals surface area contributed by atoms with E-state index in [1.54, 1.807) is 19.1 Å². The van der Waals surface area contributed by atoms with Gasteiger partial charge in [0.05, 0.1) is 24.9 Å². The summed E-state index contributed by atoms with van der Waals surface area (Å²) in [4.78, 5) is 25.1. The molecule has 0 saturated carbocycles. The van der Waals surface area contributed by atoms with Gasteiger partial charge in [-0.15, -0.1) is 5.10 Å². The third kappa shape index (κ3) is 3.78. The van der Waals surface area contributed by atoms with Crippen LogP contribution in [-0.2, 0) is 11.2 Å². The minimum Gasteiger partial charge on any atom is -0.487 e. The van der Waals surface area contributed by atoms with Gasteiger partial charge in [-0.05, 0) is 54.2 Å². The van der Waals surface area contributed by atoms with Crippen molar-refractivity contribution in [3.8, 4) is 16.9 Å². The monoisotopic (exact) mass is 423 g/mol. The van der Waals surface area contributed by atoms with Crippen molar-refractivity contribution in [3.05, 3.63) is 63.7 Å². The Hall–Kier alpha value is -3.26. The molecule has 0 fully saturated rings. The molecule has 7 nitrogen and oxygen atoms in total. The zero-order chi connectivity index (χ0) is 21.3. The number of aryl methyl sites for hydroxylation is 2. The van der Waals surface area contributed by atoms with E-state index in [2.05, 4.69) is 21.0 Å². The number of ether oxygens (including phenoxy) is 2. The van der Waals surface area contributed by atoms with Crippen LogP contribution in [0.2, 0.25) is 0 Å². The van der Waals surface area contributed by atoms with Gasteiger partial charge in [-0.1, -0.05) is 28.8 Å². The third-order valence-corrected chi connectivity index (χ3v) is 5.84. The molecule has 1 atom stereocenters. The van der Waals surface area contributed by atoms with Crippen molar-refractivity contribution in [2.24, 2.45) is 0 Å². The Morgan fingerprint density at radius 2 is 2.03 bits per heavy atom. The molecule has 1 aliphatic heterocycles. The van der Waals surface area contributed by atoms with Crippen molar-refractivity contribution in [1.82, 2.24) is 14.9 Å². The van der Waals surface area contributed by atoms with Crippen molar-refractivity contribution in [2.75, 3.05) is 13.7 Å². The molecule has 0 radical (unpaired) electrons. The number of carbonyl (C=O) groups excluding carboxylic acids is 2. The first-order chi connectivity index (χ1) is 14.5. The molecule has 4 rings (SSSR count). The average molecular weight is 423 g/mol. The normalized spacial score (nSPS) is 14.7. The molecule has 2 aromatic carbocycles. The molecule has 3 aromatic rings. The van der Waals surface area contributed by atoms with Crippen molar-refractivity contribution in [2.45, 2.75) is 26.4 Å². The SMILES string of the molecule is COC(=O)c1ccccc1-c1cc(C)cc2c1OC(CNC(=O)c1snnc1C)C2. The number of esters is 1. The van der Waals surface area contributed by atoms with Crippen LogP contribution in [0.3, 0.4) is 0 Å². The lowest BCUT2D eigenvalue weighted by Gasteiger charge is -2.15. The molecule has 1 unspecified atom stereocenters. The number of benzene rings is 2. The number of nitrogens with zero attached hydrogens (tertiary/aromatic N) is 2. The second-order valence-electron chi connectivity index (χ2n) is 7.18. The highest BCUT2D eigenvalue weighted by Gasteiger charge is 2.28. The number of nitrogens with one attached hydrogen (secondary N) is 1. The quantitative estimate of drug-likeness (QED) is 0.633. The number of amides is 1. The van der Waals surface area contributed by atoms with E-state index in [1.807, 2.05) is 25.1 Å². The van der Waals surface area contributed by atoms with E-state index in [9.17, 15) is 9.59 Å². The zero-order valence-electron chi connectivity index (χ0n) is 16.9. The van der Waals surface area contributed by atoms with E-state index in [0.29, 0.717) is 29.1 Å². The van der Waals surface area contributed by atoms with E-state index in [1.165, 1.54) is 7.11 Å². The maximum absolute atomic E-state index is 12.4. The van der Waals surface area contributed by atoms with Gasteiger partial charge in [0.2, 0.25) is 0 Å². The fraction of sp³-hybridized carbons (Fsp3) is 0.273. The van der Waals surface area contributed by atoms with Crippen LogP contribution in [0, 0.1) is 13.8 Å². The summed E-state index contributed by atoms with van der Waals surface area (Å²) in [6.07, 6.45) is 0.473. The molecule has 1 aromatic heterocycles. The summed E-state index contributed by atoms with van der Waals surface area (Å²) in [5, 5.41) is 6.78. The van der Waals surface area contributed by atoms with Crippen LogP contribution in [0.1, 0.15) is 36.9 Å². The molecule has 0 saturated heterocycles. The maximum atomic E-state index is 12.4. The maximum Gasteiger partial charge on any atom is 0.338 e. The van der Waals surface area contributed by atoms with Crippen LogP contribution >= 0.6 is 11.5 Å². The van der Waals surface area contributed by atoms with Crippen LogP contribution in [-0.4, -0.2) is 41.2 Å². The highest BCUT2D eigenvalue weighted by atomic mass is 32.1. The number of methoxy groups -OCH3 is 1. The zero-order valence-corrected chi connectivity index (χ0v) is 17.7. The highest BCUT2D eigenvalue weighted by Crippen LogP contribution is 2.41. The number of hydrogen-bond acceptors (Lipinski definition) is 7. The molecular formula is C22H21N3O4S. The van der Waals surface area contributed by atoms with Crippen LogP contribution in [0.5, 0.6) is 5.75 Å². The summed E-state index contributed by atoms with van der Waals surface area (Å²) in [7, 11) is 1.37. The first-order valence-electron chi connectivity index (χ1n) is 9.53. The van der Waals surface area contributed by atoms with Gasteiger partial charge in [0.1, 0.15) is 16.7 Å². The average Bonchev–Trinajstić information content (AvgIpc) is 3.36. The fourth-order valence-corrected chi connectivity index (χ4v) is 4.21. The molecule has 0 aliphatic carbocycles. The molecule has 0 bridgehead atoms. The summed E-state index contributed by atoms with van der Waals surface area (Å²) in [5.74, 6) is 0.150. The molecule has 1 N–H and O–H groups in total. The minimum atomic E-state index is -0.392. The molecule has 8 heteroatoms. The van der Waals surface area contributed by atoms with Crippen molar-refractivity contribution in [1.29, 1.82) is 0 Å². The Bertz CT molecular complexity index is 1130. The Morgan fingerprint density at radius 1 is 1.23 bits per heavy atom. The van der Waals surface area contributed by atoms with Gasteiger partial charge in [-0.25, -0.2) is 4.79 Å². The van der Waals surface area contributed by atoms with Crippen LogP contribution in [0.15, 0.2) is 36.4 Å². The molecule has 154 valence electrons. The number of hydrogen-bond donors (Lipinski definition) is 1. The highest BCUT2D eigenvalue weighted by molar-refractivity contribution is 7.08. The van der Waals surface area contributed by atoms with Gasteiger partial charge in [0, 0.05) is 12.0 Å². The van der Waals surface area contributed by atoms with E-state index < -0.39 is 5.97 Å². The molecule has 30 heavy (non-hydrogen) atoms. The van der Waals surface area contributed by atoms with Crippen LogP contribution < -0.4 is 10.1 Å². The van der Waals surface area contributed by atoms with Crippen LogP contribution in [0.25, 0.3) is 11.1 Å². The first kappa shape index (κ1) is 20.0. The second-order valence-corrected chi connectivity index (χ2v) is 7.93. The predicted octanol–water partition coefficient (Wildman–Crippen LogP) is 3.34. The van der Waals surface area contributed by atoms with Crippen molar-refractivity contribution >= 4 is 23.4 Å². The Labute approximate surface area is 178 Å². The summed E-state index contributed by atoms with van der Waals surface area (Å²) < 4.78 is 15.0. The lowest BCUT2D eigenvalue weighted by atomic mass is 9.94. The van der Waals surface area contributed by atoms with Gasteiger partial charge in [0.15, 0.2) is 0 Å². The minimum absolute atomic E-state index is 0.198. The van der Waals surface area contributed by atoms with E-state index in [-0.39, 0.29) is 12.0 Å². The number of fused-ring (bicyclic) bond motifs is 1. The molecule has 2 heterocycles. The largest absolute Gasteiger partial charge is 0.487 e. The van der Waals surface area contributed by atoms with Gasteiger partial charge < -0.3 is 14.8 Å². The smallest absolute Gasteiger partial charge is 0.338 e. The lowest BCUT2D eigenvalue weighted by Crippen LogP contribution is -2.34. The van der Waals surface area contributed by atoms with E-state index in [4.69, 9.17) is 9.47 Å². The van der Waals surface area contributed by atoms with Crippen LogP contribution in [0.4, 0.5) is 0 Å². The van der Waals surface area contributed by atoms with Gasteiger partial charge in [-0.3, -0.25) is 4.79 Å². The molecule has 1 amide bonds. The standard InChI is InChI=1S/C22H21N3O4S/c1-12-8-14-10-15(11-23-21(26)20-13(2)24-25-30-20)29-19(14)18(9-12)16-6-4-5-7-17(16)22(27)28-3/h4-9,15H,10-11H2,1-3H3,(H,23,26). The van der Waals surface area contributed by atoms with Gasteiger partial charge in [0.25, 0.3) is 5.91 Å². The Kier molecular flexibility index (Phi) is 5.50. The summed E-state index contributed by atoms with van der Waals surface area (Å²) in [6, 6.07) is 11.4. The fourth-order valence-electron chi connectivity index (χ4n) is 3.64.